The summed E-state index contributed by atoms with van der Waals surface area (Å²) >= 11 is 0. The first-order valence-corrected chi connectivity index (χ1v) is 11.0. The van der Waals surface area contributed by atoms with Gasteiger partial charge in [-0.25, -0.2) is 9.59 Å². The summed E-state index contributed by atoms with van der Waals surface area (Å²) in [6.45, 7) is 7.56. The van der Waals surface area contributed by atoms with Crippen molar-refractivity contribution in [2.24, 2.45) is 11.7 Å². The molecule has 0 heterocycles. The molecular weight excluding hydrogens is 434 g/mol. The van der Waals surface area contributed by atoms with Crippen LogP contribution in [0, 0.1) is 11.3 Å². The number of ether oxygens (including phenoxy) is 2. The fourth-order valence-electron chi connectivity index (χ4n) is 3.10. The van der Waals surface area contributed by atoms with Gasteiger partial charge >= 0.3 is 11.9 Å². The number of hydrogen-bond acceptors (Lipinski definition) is 6. The molecule has 0 radical (unpaired) electrons. The Balaban J connectivity index is 2.04. The van der Waals surface area contributed by atoms with Crippen molar-refractivity contribution < 1.29 is 23.9 Å². The molecule has 0 saturated carbocycles. The van der Waals surface area contributed by atoms with Crippen LogP contribution in [0.15, 0.2) is 54.1 Å². The van der Waals surface area contributed by atoms with E-state index < -0.39 is 18.0 Å². The average molecular weight is 466 g/mol. The summed E-state index contributed by atoms with van der Waals surface area (Å²) in [4.78, 5) is 37.2. The largest absolute Gasteiger partial charge is 0.464 e. The molecule has 0 aliphatic carbocycles. The first-order chi connectivity index (χ1) is 16.1. The standard InChI is InChI=1S/C26H31N3O5/c1-5-33-26(32)22(14-16(2)3)29-24(30)17(4)15-18-6-8-20(9-7-18)25(31)34-21-12-10-19(11-13-21)23(27)28/h6-13,15-16,22H,5,14H2,1-4H3,(H3,27,28)(H,29,30)/b17-15+/t22-/m1/s1. The number of esters is 2. The minimum Gasteiger partial charge on any atom is -0.464 e. The van der Waals surface area contributed by atoms with E-state index in [0.717, 1.165) is 0 Å². The third kappa shape index (κ3) is 7.88. The number of nitrogens with two attached hydrogens (primary N) is 1. The molecule has 4 N–H and O–H groups in total. The number of benzene rings is 2. The highest BCUT2D eigenvalue weighted by atomic mass is 16.5. The van der Waals surface area contributed by atoms with E-state index in [0.29, 0.717) is 34.4 Å². The lowest BCUT2D eigenvalue weighted by Gasteiger charge is -2.19. The zero-order valence-electron chi connectivity index (χ0n) is 19.9. The van der Waals surface area contributed by atoms with Crippen molar-refractivity contribution in [1.82, 2.24) is 5.32 Å². The summed E-state index contributed by atoms with van der Waals surface area (Å²) in [5.41, 5.74) is 7.42. The monoisotopic (exact) mass is 465 g/mol. The molecule has 2 rings (SSSR count). The fraction of sp³-hybridized carbons (Fsp3) is 0.308. The Hall–Kier alpha value is -3.94. The fourth-order valence-corrected chi connectivity index (χ4v) is 3.10. The van der Waals surface area contributed by atoms with Gasteiger partial charge in [-0.05, 0) is 74.2 Å². The van der Waals surface area contributed by atoms with Crippen LogP contribution in [0.2, 0.25) is 0 Å². The Morgan fingerprint density at radius 2 is 1.62 bits per heavy atom. The number of carbonyl (C=O) groups excluding carboxylic acids is 3. The van der Waals surface area contributed by atoms with Crippen molar-refractivity contribution in [1.29, 1.82) is 5.41 Å². The van der Waals surface area contributed by atoms with Crippen molar-refractivity contribution >= 4 is 29.8 Å². The molecule has 2 aromatic carbocycles. The molecule has 34 heavy (non-hydrogen) atoms. The van der Waals surface area contributed by atoms with E-state index in [2.05, 4.69) is 5.32 Å². The molecule has 0 unspecified atom stereocenters. The zero-order chi connectivity index (χ0) is 25.3. The minimum atomic E-state index is -0.711. The molecule has 0 bridgehead atoms. The van der Waals surface area contributed by atoms with Crippen LogP contribution in [0.3, 0.4) is 0 Å². The van der Waals surface area contributed by atoms with Gasteiger partial charge in [-0.2, -0.15) is 0 Å². The van der Waals surface area contributed by atoms with Gasteiger partial charge in [0.15, 0.2) is 0 Å². The SMILES string of the molecule is CCOC(=O)[C@@H](CC(C)C)NC(=O)/C(C)=C/c1ccc(C(=O)Oc2ccc(C(=N)N)cc2)cc1. The number of rotatable bonds is 10. The second kappa shape index (κ2) is 12.3. The molecule has 0 saturated heterocycles. The van der Waals surface area contributed by atoms with Crippen molar-refractivity contribution in [2.45, 2.75) is 40.2 Å². The van der Waals surface area contributed by atoms with Gasteiger partial charge in [0, 0.05) is 11.1 Å². The van der Waals surface area contributed by atoms with Crippen molar-refractivity contribution in [3.05, 3.63) is 70.8 Å². The molecule has 0 aliphatic heterocycles. The van der Waals surface area contributed by atoms with Gasteiger partial charge < -0.3 is 20.5 Å². The Kier molecular flexibility index (Phi) is 9.55. The highest BCUT2D eigenvalue weighted by Crippen LogP contribution is 2.16. The lowest BCUT2D eigenvalue weighted by Crippen LogP contribution is -2.43. The molecule has 0 fully saturated rings. The number of hydrogen-bond donors (Lipinski definition) is 3. The van der Waals surface area contributed by atoms with Crippen LogP contribution in [0.25, 0.3) is 6.08 Å². The number of nitrogens with one attached hydrogen (secondary N) is 2. The number of carbonyl (C=O) groups is 3. The van der Waals surface area contributed by atoms with Gasteiger partial charge in [-0.1, -0.05) is 26.0 Å². The highest BCUT2D eigenvalue weighted by Gasteiger charge is 2.23. The van der Waals surface area contributed by atoms with E-state index in [1.807, 2.05) is 13.8 Å². The van der Waals surface area contributed by atoms with E-state index >= 15 is 0 Å². The average Bonchev–Trinajstić information content (AvgIpc) is 2.79. The lowest BCUT2D eigenvalue weighted by atomic mass is 10.0. The maximum atomic E-state index is 12.6. The third-order valence-electron chi connectivity index (χ3n) is 4.85. The summed E-state index contributed by atoms with van der Waals surface area (Å²) in [6.07, 6.45) is 2.15. The van der Waals surface area contributed by atoms with E-state index in [1.54, 1.807) is 68.5 Å². The summed E-state index contributed by atoms with van der Waals surface area (Å²) in [7, 11) is 0. The molecule has 8 nitrogen and oxygen atoms in total. The lowest BCUT2D eigenvalue weighted by molar-refractivity contribution is -0.147. The van der Waals surface area contributed by atoms with Gasteiger partial charge in [-0.15, -0.1) is 0 Å². The molecule has 1 amide bonds. The minimum absolute atomic E-state index is 0.0678. The first kappa shape index (κ1) is 26.3. The number of amidine groups is 1. The van der Waals surface area contributed by atoms with Crippen LogP contribution in [-0.4, -0.2) is 36.3 Å². The van der Waals surface area contributed by atoms with Crippen molar-refractivity contribution in [3.63, 3.8) is 0 Å². The molecule has 180 valence electrons. The summed E-state index contributed by atoms with van der Waals surface area (Å²) in [6, 6.07) is 12.2. The van der Waals surface area contributed by atoms with Crippen molar-refractivity contribution in [2.75, 3.05) is 6.61 Å². The Morgan fingerprint density at radius 1 is 1.03 bits per heavy atom. The maximum absolute atomic E-state index is 12.6. The van der Waals surface area contributed by atoms with Crippen LogP contribution in [0.4, 0.5) is 0 Å². The Bertz CT molecular complexity index is 1060. The van der Waals surface area contributed by atoms with E-state index in [-0.39, 0.29) is 24.3 Å². The van der Waals surface area contributed by atoms with Gasteiger partial charge in [0.05, 0.1) is 12.2 Å². The quantitative estimate of drug-likeness (QED) is 0.161. The third-order valence-corrected chi connectivity index (χ3v) is 4.85. The molecular formula is C26H31N3O5. The number of amides is 1. The van der Waals surface area contributed by atoms with Gasteiger partial charge in [0.2, 0.25) is 5.91 Å². The van der Waals surface area contributed by atoms with E-state index in [1.165, 1.54) is 0 Å². The molecule has 8 heteroatoms. The summed E-state index contributed by atoms with van der Waals surface area (Å²) in [5.74, 6) is -0.872. The van der Waals surface area contributed by atoms with Crippen LogP contribution < -0.4 is 15.8 Å². The topological polar surface area (TPSA) is 132 Å². The van der Waals surface area contributed by atoms with Crippen LogP contribution >= 0.6 is 0 Å². The second-order valence-electron chi connectivity index (χ2n) is 8.18. The molecule has 0 aliphatic rings. The predicted octanol–water partition coefficient (Wildman–Crippen LogP) is 3.69. The smallest absolute Gasteiger partial charge is 0.343 e. The van der Waals surface area contributed by atoms with E-state index in [4.69, 9.17) is 20.6 Å². The van der Waals surface area contributed by atoms with Gasteiger partial charge in [0.25, 0.3) is 0 Å². The van der Waals surface area contributed by atoms with Gasteiger partial charge in [-0.3, -0.25) is 10.2 Å². The van der Waals surface area contributed by atoms with Gasteiger partial charge in [0.1, 0.15) is 17.6 Å². The van der Waals surface area contributed by atoms with Crippen molar-refractivity contribution in [3.8, 4) is 5.75 Å². The second-order valence-corrected chi connectivity index (χ2v) is 8.18. The first-order valence-electron chi connectivity index (χ1n) is 11.0. The summed E-state index contributed by atoms with van der Waals surface area (Å²) < 4.78 is 10.4. The predicted molar refractivity (Wildman–Crippen MR) is 131 cm³/mol. The van der Waals surface area contributed by atoms with E-state index in [9.17, 15) is 14.4 Å². The zero-order valence-corrected chi connectivity index (χ0v) is 19.9. The Labute approximate surface area is 199 Å². The molecule has 0 aromatic heterocycles. The molecule has 2 aromatic rings. The maximum Gasteiger partial charge on any atom is 0.343 e. The Morgan fingerprint density at radius 3 is 2.15 bits per heavy atom. The highest BCUT2D eigenvalue weighted by molar-refractivity contribution is 5.99. The number of nitrogen functional groups attached to an aromatic ring is 1. The molecule has 1 atom stereocenters. The van der Waals surface area contributed by atoms with Crippen LogP contribution in [0.1, 0.15) is 55.6 Å². The van der Waals surface area contributed by atoms with Crippen LogP contribution in [0.5, 0.6) is 5.75 Å². The molecule has 0 spiro atoms. The van der Waals surface area contributed by atoms with Crippen LogP contribution in [-0.2, 0) is 14.3 Å². The summed E-state index contributed by atoms with van der Waals surface area (Å²) in [5, 5.41) is 10.1. The normalized spacial score (nSPS) is 12.1.